The Kier molecular flexibility index (Phi) is 5.98. The van der Waals surface area contributed by atoms with Crippen LogP contribution in [0.4, 0.5) is 5.69 Å². The van der Waals surface area contributed by atoms with Crippen molar-refractivity contribution in [3.63, 3.8) is 0 Å². The molecule has 0 aromatic heterocycles. The van der Waals surface area contributed by atoms with Gasteiger partial charge in [-0.25, -0.2) is 0 Å². The van der Waals surface area contributed by atoms with Crippen molar-refractivity contribution in [1.29, 1.82) is 0 Å². The summed E-state index contributed by atoms with van der Waals surface area (Å²) >= 11 is 6.11. The lowest BCUT2D eigenvalue weighted by molar-refractivity contribution is -0.384. The van der Waals surface area contributed by atoms with Gasteiger partial charge in [-0.15, -0.1) is 0 Å². The van der Waals surface area contributed by atoms with E-state index in [1.807, 2.05) is 13.8 Å². The third kappa shape index (κ3) is 4.70. The van der Waals surface area contributed by atoms with Gasteiger partial charge in [-0.1, -0.05) is 23.7 Å². The Morgan fingerprint density at radius 2 is 1.96 bits per heavy atom. The van der Waals surface area contributed by atoms with Crippen LogP contribution in [0, 0.1) is 10.1 Å². The Labute approximate surface area is 151 Å². The predicted molar refractivity (Wildman–Crippen MR) is 96.1 cm³/mol. The first-order chi connectivity index (χ1) is 11.8. The lowest BCUT2D eigenvalue weighted by atomic mass is 10.1. The molecule has 0 saturated heterocycles. The summed E-state index contributed by atoms with van der Waals surface area (Å²) in [6, 6.07) is 11.2. The van der Waals surface area contributed by atoms with Crippen molar-refractivity contribution in [3.8, 4) is 5.75 Å². The van der Waals surface area contributed by atoms with Gasteiger partial charge in [0.15, 0.2) is 0 Å². The summed E-state index contributed by atoms with van der Waals surface area (Å²) in [6.07, 6.45) is -0.0644. The van der Waals surface area contributed by atoms with Crippen LogP contribution < -0.4 is 4.74 Å². The average Bonchev–Trinajstić information content (AvgIpc) is 2.56. The van der Waals surface area contributed by atoms with Crippen LogP contribution in [0.1, 0.15) is 29.8 Å². The molecule has 6 nitrogen and oxygen atoms in total. The maximum Gasteiger partial charge on any atom is 0.269 e. The Hall–Kier alpha value is -2.60. The third-order valence-corrected chi connectivity index (χ3v) is 3.84. The lowest BCUT2D eigenvalue weighted by Crippen LogP contribution is -2.27. The number of carbonyl (C=O) groups excluding carboxylic acids is 1. The molecule has 0 saturated carbocycles. The normalized spacial score (nSPS) is 10.6. The standard InChI is InChI=1S/C18H19ClN2O4/c1-12(2)25-17-7-5-4-6-15(17)18(22)20(3)11-13-10-14(21(23)24)8-9-16(13)19/h4-10,12H,11H2,1-3H3. The maximum absolute atomic E-state index is 12.8. The van der Waals surface area contributed by atoms with Gasteiger partial charge in [-0.05, 0) is 37.6 Å². The number of para-hydroxylation sites is 1. The van der Waals surface area contributed by atoms with Crippen LogP contribution in [0.15, 0.2) is 42.5 Å². The number of nitro benzene ring substituents is 1. The van der Waals surface area contributed by atoms with E-state index in [4.69, 9.17) is 16.3 Å². The average molecular weight is 363 g/mol. The molecule has 2 rings (SSSR count). The number of non-ortho nitro benzene ring substituents is 1. The topological polar surface area (TPSA) is 72.7 Å². The third-order valence-electron chi connectivity index (χ3n) is 3.47. The zero-order valence-corrected chi connectivity index (χ0v) is 15.0. The monoisotopic (exact) mass is 362 g/mol. The molecule has 0 unspecified atom stereocenters. The number of halogens is 1. The largest absolute Gasteiger partial charge is 0.490 e. The number of benzene rings is 2. The molecule has 0 aliphatic rings. The van der Waals surface area contributed by atoms with Gasteiger partial charge in [0.2, 0.25) is 0 Å². The first-order valence-corrected chi connectivity index (χ1v) is 8.11. The van der Waals surface area contributed by atoms with Crippen molar-refractivity contribution in [2.45, 2.75) is 26.5 Å². The van der Waals surface area contributed by atoms with Crippen molar-refractivity contribution in [3.05, 3.63) is 68.7 Å². The molecule has 2 aromatic carbocycles. The van der Waals surface area contributed by atoms with Crippen molar-refractivity contribution >= 4 is 23.2 Å². The fourth-order valence-corrected chi connectivity index (χ4v) is 2.51. The molecule has 0 heterocycles. The summed E-state index contributed by atoms with van der Waals surface area (Å²) in [5.41, 5.74) is 0.873. The van der Waals surface area contributed by atoms with Crippen LogP contribution in [0.5, 0.6) is 5.75 Å². The Balaban J connectivity index is 2.24. The van der Waals surface area contributed by atoms with E-state index in [0.29, 0.717) is 21.9 Å². The smallest absolute Gasteiger partial charge is 0.269 e. The van der Waals surface area contributed by atoms with E-state index in [0.717, 1.165) is 0 Å². The summed E-state index contributed by atoms with van der Waals surface area (Å²) in [6.45, 7) is 3.91. The van der Waals surface area contributed by atoms with Crippen LogP contribution in [0.25, 0.3) is 0 Å². The quantitative estimate of drug-likeness (QED) is 0.567. The second kappa shape index (κ2) is 7.98. The van der Waals surface area contributed by atoms with Crippen LogP contribution in [-0.4, -0.2) is 28.9 Å². The lowest BCUT2D eigenvalue weighted by Gasteiger charge is -2.20. The van der Waals surface area contributed by atoms with E-state index < -0.39 is 4.92 Å². The summed E-state index contributed by atoms with van der Waals surface area (Å²) in [4.78, 5) is 24.6. The highest BCUT2D eigenvalue weighted by molar-refractivity contribution is 6.31. The molecule has 0 aliphatic carbocycles. The highest BCUT2D eigenvalue weighted by atomic mass is 35.5. The summed E-state index contributed by atoms with van der Waals surface area (Å²) < 4.78 is 5.68. The molecule has 0 fully saturated rings. The Morgan fingerprint density at radius 3 is 2.60 bits per heavy atom. The van der Waals surface area contributed by atoms with Crippen LogP contribution >= 0.6 is 11.6 Å². The summed E-state index contributed by atoms with van der Waals surface area (Å²) in [7, 11) is 1.61. The van der Waals surface area contributed by atoms with Crippen molar-refractivity contribution in [2.24, 2.45) is 0 Å². The minimum absolute atomic E-state index is 0.0644. The number of carbonyl (C=O) groups is 1. The summed E-state index contributed by atoms with van der Waals surface area (Å²) in [5.74, 6) is 0.248. The maximum atomic E-state index is 12.8. The van der Waals surface area contributed by atoms with Gasteiger partial charge in [-0.2, -0.15) is 0 Å². The zero-order valence-electron chi connectivity index (χ0n) is 14.2. The highest BCUT2D eigenvalue weighted by Gasteiger charge is 2.19. The molecule has 1 amide bonds. The van der Waals surface area contributed by atoms with E-state index in [1.54, 1.807) is 31.3 Å². The van der Waals surface area contributed by atoms with Gasteiger partial charge in [0, 0.05) is 30.7 Å². The van der Waals surface area contributed by atoms with Crippen molar-refractivity contribution in [1.82, 2.24) is 4.90 Å². The molecular weight excluding hydrogens is 344 g/mol. The van der Waals surface area contributed by atoms with Gasteiger partial charge >= 0.3 is 0 Å². The molecule has 0 radical (unpaired) electrons. The van der Waals surface area contributed by atoms with Crippen LogP contribution in [0.3, 0.4) is 0 Å². The number of ether oxygens (including phenoxy) is 1. The minimum atomic E-state index is -0.493. The molecule has 0 N–H and O–H groups in total. The number of amides is 1. The van der Waals surface area contributed by atoms with E-state index >= 15 is 0 Å². The molecule has 132 valence electrons. The van der Waals surface area contributed by atoms with Gasteiger partial charge in [0.05, 0.1) is 16.6 Å². The Bertz CT molecular complexity index is 792. The van der Waals surface area contributed by atoms with Crippen molar-refractivity contribution < 1.29 is 14.5 Å². The molecule has 0 spiro atoms. The van der Waals surface area contributed by atoms with Gasteiger partial charge < -0.3 is 9.64 Å². The fourth-order valence-electron chi connectivity index (χ4n) is 2.33. The molecule has 25 heavy (non-hydrogen) atoms. The minimum Gasteiger partial charge on any atom is -0.490 e. The fraction of sp³-hybridized carbons (Fsp3) is 0.278. The summed E-state index contributed by atoms with van der Waals surface area (Å²) in [5, 5.41) is 11.3. The van der Waals surface area contributed by atoms with E-state index in [-0.39, 0.29) is 24.2 Å². The zero-order chi connectivity index (χ0) is 18.6. The van der Waals surface area contributed by atoms with Crippen LogP contribution in [-0.2, 0) is 6.54 Å². The molecule has 0 atom stereocenters. The van der Waals surface area contributed by atoms with Crippen LogP contribution in [0.2, 0.25) is 5.02 Å². The second-order valence-corrected chi connectivity index (χ2v) is 6.26. The number of rotatable bonds is 6. The molecule has 2 aromatic rings. The second-order valence-electron chi connectivity index (χ2n) is 5.86. The first-order valence-electron chi connectivity index (χ1n) is 7.73. The van der Waals surface area contributed by atoms with Crippen molar-refractivity contribution in [2.75, 3.05) is 7.05 Å². The SMILES string of the molecule is CC(C)Oc1ccccc1C(=O)N(C)Cc1cc([N+](=O)[O-])ccc1Cl. The number of hydrogen-bond acceptors (Lipinski definition) is 4. The predicted octanol–water partition coefficient (Wildman–Crippen LogP) is 4.31. The molecule has 0 bridgehead atoms. The Morgan fingerprint density at radius 1 is 1.28 bits per heavy atom. The molecular formula is C18H19ClN2O4. The van der Waals surface area contributed by atoms with Gasteiger partial charge in [0.25, 0.3) is 11.6 Å². The van der Waals surface area contributed by atoms with E-state index in [1.165, 1.54) is 23.1 Å². The van der Waals surface area contributed by atoms with E-state index in [2.05, 4.69) is 0 Å². The highest BCUT2D eigenvalue weighted by Crippen LogP contribution is 2.25. The molecule has 7 heteroatoms. The van der Waals surface area contributed by atoms with E-state index in [9.17, 15) is 14.9 Å². The van der Waals surface area contributed by atoms with Gasteiger partial charge in [0.1, 0.15) is 5.75 Å². The number of nitrogens with zero attached hydrogens (tertiary/aromatic N) is 2. The first kappa shape index (κ1) is 18.7. The molecule has 0 aliphatic heterocycles. The van der Waals surface area contributed by atoms with Gasteiger partial charge in [-0.3, -0.25) is 14.9 Å². The number of nitro groups is 1. The number of hydrogen-bond donors (Lipinski definition) is 0.